The summed E-state index contributed by atoms with van der Waals surface area (Å²) in [5.74, 6) is -0.284. The Morgan fingerprint density at radius 1 is 1.50 bits per heavy atom. The highest BCUT2D eigenvalue weighted by atomic mass is 16.5. The number of Topliss-reactive ketones (excluding diaryl/α,β-unsaturated/α-hetero) is 1. The molecule has 0 bridgehead atoms. The molecular formula is C11H16O3. The van der Waals surface area contributed by atoms with Gasteiger partial charge in [-0.2, -0.15) is 0 Å². The van der Waals surface area contributed by atoms with Crippen LogP contribution in [0.25, 0.3) is 0 Å². The standard InChI is InChI=1S/C11H16O3/c1-3-5-6-10(12)8-7-9(8)11(13)14-4-2/h3,8-9H,1,4-7H2,2H3/t8-,9-/m1/s1. The summed E-state index contributed by atoms with van der Waals surface area (Å²) in [6, 6.07) is 0. The second-order valence-electron chi connectivity index (χ2n) is 3.49. The quantitative estimate of drug-likeness (QED) is 0.480. The molecule has 0 aromatic heterocycles. The lowest BCUT2D eigenvalue weighted by atomic mass is 10.1. The molecule has 0 aromatic rings. The van der Waals surface area contributed by atoms with E-state index in [0.717, 1.165) is 0 Å². The molecule has 0 unspecified atom stereocenters. The number of esters is 1. The highest BCUT2D eigenvalue weighted by molar-refractivity contribution is 5.91. The van der Waals surface area contributed by atoms with Crippen molar-refractivity contribution in [3.05, 3.63) is 12.7 Å². The summed E-state index contributed by atoms with van der Waals surface area (Å²) in [6.07, 6.45) is 3.60. The summed E-state index contributed by atoms with van der Waals surface area (Å²) < 4.78 is 4.84. The number of hydrogen-bond acceptors (Lipinski definition) is 3. The smallest absolute Gasteiger partial charge is 0.309 e. The molecular weight excluding hydrogens is 180 g/mol. The maximum Gasteiger partial charge on any atom is 0.309 e. The zero-order valence-corrected chi connectivity index (χ0v) is 8.49. The average molecular weight is 196 g/mol. The zero-order valence-electron chi connectivity index (χ0n) is 8.49. The third-order valence-electron chi connectivity index (χ3n) is 2.39. The molecule has 0 heterocycles. The lowest BCUT2D eigenvalue weighted by molar-refractivity contribution is -0.145. The van der Waals surface area contributed by atoms with Gasteiger partial charge in [0.25, 0.3) is 0 Å². The van der Waals surface area contributed by atoms with Crippen molar-refractivity contribution in [2.45, 2.75) is 26.2 Å². The SMILES string of the molecule is C=CCCC(=O)[C@@H]1C[C@H]1C(=O)OCC. The van der Waals surface area contributed by atoms with Crippen molar-refractivity contribution >= 4 is 11.8 Å². The van der Waals surface area contributed by atoms with Crippen molar-refractivity contribution in [1.29, 1.82) is 0 Å². The molecule has 0 aromatic carbocycles. The van der Waals surface area contributed by atoms with E-state index in [0.29, 0.717) is 25.9 Å². The van der Waals surface area contributed by atoms with Crippen LogP contribution in [0.1, 0.15) is 26.2 Å². The largest absolute Gasteiger partial charge is 0.466 e. The van der Waals surface area contributed by atoms with Crippen LogP contribution in [0.3, 0.4) is 0 Å². The van der Waals surface area contributed by atoms with Gasteiger partial charge >= 0.3 is 5.97 Å². The van der Waals surface area contributed by atoms with E-state index in [1.807, 2.05) is 0 Å². The van der Waals surface area contributed by atoms with Gasteiger partial charge in [0.1, 0.15) is 5.78 Å². The molecule has 14 heavy (non-hydrogen) atoms. The number of rotatable bonds is 6. The van der Waals surface area contributed by atoms with Crippen molar-refractivity contribution in [2.24, 2.45) is 11.8 Å². The fourth-order valence-electron chi connectivity index (χ4n) is 1.49. The second kappa shape index (κ2) is 4.94. The van der Waals surface area contributed by atoms with Gasteiger partial charge in [0, 0.05) is 12.3 Å². The summed E-state index contributed by atoms with van der Waals surface area (Å²) in [6.45, 7) is 5.72. The van der Waals surface area contributed by atoms with Gasteiger partial charge in [-0.05, 0) is 19.8 Å². The number of carbonyl (C=O) groups excluding carboxylic acids is 2. The first-order valence-corrected chi connectivity index (χ1v) is 5.01. The summed E-state index contributed by atoms with van der Waals surface area (Å²) in [4.78, 5) is 22.6. The van der Waals surface area contributed by atoms with E-state index in [2.05, 4.69) is 6.58 Å². The van der Waals surface area contributed by atoms with Crippen LogP contribution in [0.15, 0.2) is 12.7 Å². The maximum atomic E-state index is 11.4. The summed E-state index contributed by atoms with van der Waals surface area (Å²) in [5, 5.41) is 0. The number of allylic oxidation sites excluding steroid dienone is 1. The minimum atomic E-state index is -0.218. The Labute approximate surface area is 84.1 Å². The molecule has 0 amide bonds. The monoisotopic (exact) mass is 196 g/mol. The molecule has 0 radical (unpaired) electrons. The first-order valence-electron chi connectivity index (χ1n) is 5.01. The van der Waals surface area contributed by atoms with Crippen molar-refractivity contribution in [3.8, 4) is 0 Å². The fourth-order valence-corrected chi connectivity index (χ4v) is 1.49. The fraction of sp³-hybridized carbons (Fsp3) is 0.636. The lowest BCUT2D eigenvalue weighted by Crippen LogP contribution is -2.11. The molecule has 3 heteroatoms. The molecule has 1 aliphatic rings. The lowest BCUT2D eigenvalue weighted by Gasteiger charge is -1.99. The van der Waals surface area contributed by atoms with Crippen LogP contribution in [0.5, 0.6) is 0 Å². The van der Waals surface area contributed by atoms with E-state index < -0.39 is 0 Å². The Bertz CT molecular complexity index is 245. The Hall–Kier alpha value is -1.12. The number of ketones is 1. The van der Waals surface area contributed by atoms with Crippen molar-refractivity contribution in [1.82, 2.24) is 0 Å². The topological polar surface area (TPSA) is 43.4 Å². The molecule has 2 atom stereocenters. The van der Waals surface area contributed by atoms with Crippen LogP contribution in [-0.2, 0) is 14.3 Å². The average Bonchev–Trinajstić information content (AvgIpc) is 2.94. The minimum absolute atomic E-state index is 0.0750. The molecule has 0 spiro atoms. The molecule has 1 saturated carbocycles. The van der Waals surface area contributed by atoms with Gasteiger partial charge in [-0.15, -0.1) is 6.58 Å². The Morgan fingerprint density at radius 2 is 2.21 bits per heavy atom. The van der Waals surface area contributed by atoms with Crippen LogP contribution < -0.4 is 0 Å². The number of ether oxygens (including phenoxy) is 1. The van der Waals surface area contributed by atoms with E-state index in [4.69, 9.17) is 4.74 Å². The summed E-state index contributed by atoms with van der Waals surface area (Å²) in [7, 11) is 0. The van der Waals surface area contributed by atoms with E-state index in [-0.39, 0.29) is 23.6 Å². The molecule has 0 N–H and O–H groups in total. The molecule has 3 nitrogen and oxygen atoms in total. The van der Waals surface area contributed by atoms with E-state index in [9.17, 15) is 9.59 Å². The minimum Gasteiger partial charge on any atom is -0.466 e. The summed E-state index contributed by atoms with van der Waals surface area (Å²) >= 11 is 0. The molecule has 0 saturated heterocycles. The van der Waals surface area contributed by atoms with E-state index in [1.54, 1.807) is 13.0 Å². The highest BCUT2D eigenvalue weighted by Crippen LogP contribution is 2.41. The first kappa shape index (κ1) is 11.0. The normalized spacial score (nSPS) is 24.1. The Balaban J connectivity index is 2.27. The van der Waals surface area contributed by atoms with Crippen LogP contribution in [0, 0.1) is 11.8 Å². The highest BCUT2D eigenvalue weighted by Gasteiger charge is 2.48. The van der Waals surface area contributed by atoms with Gasteiger partial charge in [0.15, 0.2) is 0 Å². The van der Waals surface area contributed by atoms with Gasteiger partial charge in [0.2, 0.25) is 0 Å². The third-order valence-corrected chi connectivity index (χ3v) is 2.39. The van der Waals surface area contributed by atoms with Gasteiger partial charge in [0.05, 0.1) is 12.5 Å². The van der Waals surface area contributed by atoms with Gasteiger partial charge in [-0.25, -0.2) is 0 Å². The van der Waals surface area contributed by atoms with Crippen molar-refractivity contribution in [3.63, 3.8) is 0 Å². The third kappa shape index (κ3) is 2.69. The zero-order chi connectivity index (χ0) is 10.6. The molecule has 0 aliphatic heterocycles. The molecule has 78 valence electrons. The van der Waals surface area contributed by atoms with Gasteiger partial charge < -0.3 is 4.74 Å². The summed E-state index contributed by atoms with van der Waals surface area (Å²) in [5.41, 5.74) is 0. The van der Waals surface area contributed by atoms with Gasteiger partial charge in [-0.1, -0.05) is 6.08 Å². The number of carbonyl (C=O) groups is 2. The van der Waals surface area contributed by atoms with Gasteiger partial charge in [-0.3, -0.25) is 9.59 Å². The Kier molecular flexibility index (Phi) is 3.86. The van der Waals surface area contributed by atoms with Crippen LogP contribution in [0.4, 0.5) is 0 Å². The van der Waals surface area contributed by atoms with Crippen molar-refractivity contribution < 1.29 is 14.3 Å². The molecule has 1 aliphatic carbocycles. The van der Waals surface area contributed by atoms with Crippen LogP contribution >= 0.6 is 0 Å². The van der Waals surface area contributed by atoms with Crippen molar-refractivity contribution in [2.75, 3.05) is 6.61 Å². The first-order chi connectivity index (χ1) is 6.70. The maximum absolute atomic E-state index is 11.4. The molecule has 1 fully saturated rings. The predicted molar refractivity (Wildman–Crippen MR) is 52.7 cm³/mol. The molecule has 1 rings (SSSR count). The van der Waals surface area contributed by atoms with E-state index >= 15 is 0 Å². The predicted octanol–water partition coefficient (Wildman–Crippen LogP) is 1.72. The Morgan fingerprint density at radius 3 is 2.79 bits per heavy atom. The number of hydrogen-bond donors (Lipinski definition) is 0. The van der Waals surface area contributed by atoms with Crippen LogP contribution in [-0.4, -0.2) is 18.4 Å². The van der Waals surface area contributed by atoms with E-state index in [1.165, 1.54) is 0 Å². The van der Waals surface area contributed by atoms with Crippen LogP contribution in [0.2, 0.25) is 0 Å². The second-order valence-corrected chi connectivity index (χ2v) is 3.49.